The second-order valence-electron chi connectivity index (χ2n) is 7.44. The van der Waals surface area contributed by atoms with Crippen LogP contribution in [0.1, 0.15) is 57.5 Å². The summed E-state index contributed by atoms with van der Waals surface area (Å²) in [6.45, 7) is 5.26. The summed E-state index contributed by atoms with van der Waals surface area (Å²) in [7, 11) is 0. The Kier molecular flexibility index (Phi) is 6.49. The number of aliphatic carboxylic acids is 1. The first-order chi connectivity index (χ1) is 12.9. The standard InChI is InChI=1S/C19H27N3O4S/c1-12(10-17(23)24)21-18(25)16-11-14-15(27-16)5-9-22(19(14)26)8-4-13-2-6-20-7-3-13/h11-13,20H,2-10H2,1H3,(H,21,25)(H,23,24)/t12-/m1/s1. The Morgan fingerprint density at radius 1 is 1.41 bits per heavy atom. The van der Waals surface area contributed by atoms with Gasteiger partial charge < -0.3 is 20.6 Å². The fourth-order valence-corrected chi connectivity index (χ4v) is 4.79. The van der Waals surface area contributed by atoms with Crippen LogP contribution in [0.3, 0.4) is 0 Å². The topological polar surface area (TPSA) is 98.7 Å². The molecule has 2 aliphatic rings. The van der Waals surface area contributed by atoms with Crippen molar-refractivity contribution in [2.24, 2.45) is 5.92 Å². The highest BCUT2D eigenvalue weighted by molar-refractivity contribution is 7.14. The normalized spacial score (nSPS) is 18.9. The number of amides is 2. The number of nitrogens with zero attached hydrogens (tertiary/aromatic N) is 1. The lowest BCUT2D eigenvalue weighted by Gasteiger charge is -2.29. The summed E-state index contributed by atoms with van der Waals surface area (Å²) in [5, 5.41) is 14.9. The van der Waals surface area contributed by atoms with Crippen LogP contribution in [0.4, 0.5) is 0 Å². The number of piperidine rings is 1. The molecular formula is C19H27N3O4S. The average Bonchev–Trinajstić information content (AvgIpc) is 3.06. The fourth-order valence-electron chi connectivity index (χ4n) is 3.75. The lowest BCUT2D eigenvalue weighted by Crippen LogP contribution is -2.39. The number of carboxylic acids is 1. The second-order valence-corrected chi connectivity index (χ2v) is 8.58. The molecule has 0 saturated carbocycles. The molecule has 1 fully saturated rings. The van der Waals surface area contributed by atoms with Gasteiger partial charge in [0, 0.05) is 30.4 Å². The molecule has 2 aliphatic heterocycles. The molecule has 3 rings (SSSR count). The number of hydrogen-bond acceptors (Lipinski definition) is 5. The monoisotopic (exact) mass is 393 g/mol. The molecule has 0 aliphatic carbocycles. The fraction of sp³-hybridized carbons (Fsp3) is 0.632. The van der Waals surface area contributed by atoms with Gasteiger partial charge in [-0.2, -0.15) is 0 Å². The summed E-state index contributed by atoms with van der Waals surface area (Å²) in [4.78, 5) is 39.2. The van der Waals surface area contributed by atoms with E-state index in [2.05, 4.69) is 10.6 Å². The number of nitrogens with one attached hydrogen (secondary N) is 2. The molecule has 1 atom stereocenters. The SMILES string of the molecule is C[C@H](CC(=O)O)NC(=O)c1cc2c(s1)CCN(CCC1CCNCC1)C2=O. The Balaban J connectivity index is 1.59. The number of hydrogen-bond donors (Lipinski definition) is 3. The van der Waals surface area contributed by atoms with Gasteiger partial charge in [-0.15, -0.1) is 11.3 Å². The maximum atomic E-state index is 12.8. The van der Waals surface area contributed by atoms with Crippen LogP contribution in [-0.4, -0.2) is 60.0 Å². The maximum Gasteiger partial charge on any atom is 0.305 e. The van der Waals surface area contributed by atoms with Gasteiger partial charge in [-0.25, -0.2) is 0 Å². The molecule has 0 unspecified atom stereocenters. The number of fused-ring (bicyclic) bond motifs is 1. The number of carbonyl (C=O) groups is 3. The van der Waals surface area contributed by atoms with Crippen molar-refractivity contribution in [3.63, 3.8) is 0 Å². The molecule has 3 heterocycles. The zero-order chi connectivity index (χ0) is 19.4. The average molecular weight is 394 g/mol. The Labute approximate surface area is 163 Å². The molecule has 0 spiro atoms. The molecule has 7 nitrogen and oxygen atoms in total. The molecule has 8 heteroatoms. The van der Waals surface area contributed by atoms with Crippen molar-refractivity contribution in [3.05, 3.63) is 21.4 Å². The highest BCUT2D eigenvalue weighted by atomic mass is 32.1. The van der Waals surface area contributed by atoms with Gasteiger partial charge in [-0.05, 0) is 51.3 Å². The second kappa shape index (κ2) is 8.84. The summed E-state index contributed by atoms with van der Waals surface area (Å²) in [6, 6.07) is 1.22. The minimum absolute atomic E-state index is 0.0130. The molecule has 2 amide bonds. The van der Waals surface area contributed by atoms with Gasteiger partial charge in [-0.3, -0.25) is 14.4 Å². The first-order valence-corrected chi connectivity index (χ1v) is 10.4. The largest absolute Gasteiger partial charge is 0.481 e. The Morgan fingerprint density at radius 3 is 2.85 bits per heavy atom. The summed E-state index contributed by atoms with van der Waals surface area (Å²) < 4.78 is 0. The van der Waals surface area contributed by atoms with E-state index in [0.29, 0.717) is 22.9 Å². The quantitative estimate of drug-likeness (QED) is 0.655. The van der Waals surface area contributed by atoms with Gasteiger partial charge in [0.05, 0.1) is 16.9 Å². The van der Waals surface area contributed by atoms with E-state index in [9.17, 15) is 14.4 Å². The van der Waals surface area contributed by atoms with E-state index in [-0.39, 0.29) is 18.2 Å². The van der Waals surface area contributed by atoms with Gasteiger partial charge in [0.1, 0.15) is 0 Å². The third kappa shape index (κ3) is 5.07. The van der Waals surface area contributed by atoms with Gasteiger partial charge in [0.25, 0.3) is 11.8 Å². The molecule has 0 aromatic carbocycles. The van der Waals surface area contributed by atoms with Crippen LogP contribution >= 0.6 is 11.3 Å². The number of rotatable bonds is 7. The van der Waals surface area contributed by atoms with Crippen molar-refractivity contribution in [1.29, 1.82) is 0 Å². The Hall–Kier alpha value is -1.93. The van der Waals surface area contributed by atoms with Crippen LogP contribution in [0.5, 0.6) is 0 Å². The third-order valence-electron chi connectivity index (χ3n) is 5.28. The third-order valence-corrected chi connectivity index (χ3v) is 6.48. The summed E-state index contributed by atoms with van der Waals surface area (Å²) in [5.41, 5.74) is 0.632. The highest BCUT2D eigenvalue weighted by Gasteiger charge is 2.29. The molecule has 1 saturated heterocycles. The molecule has 27 heavy (non-hydrogen) atoms. The lowest BCUT2D eigenvalue weighted by atomic mass is 9.94. The minimum Gasteiger partial charge on any atom is -0.481 e. The molecule has 0 radical (unpaired) electrons. The van der Waals surface area contributed by atoms with Crippen molar-refractivity contribution in [1.82, 2.24) is 15.5 Å². The van der Waals surface area contributed by atoms with E-state index in [1.807, 2.05) is 4.90 Å². The Morgan fingerprint density at radius 2 is 2.15 bits per heavy atom. The van der Waals surface area contributed by atoms with E-state index in [4.69, 9.17) is 5.11 Å². The molecular weight excluding hydrogens is 366 g/mol. The molecule has 3 N–H and O–H groups in total. The van der Waals surface area contributed by atoms with Gasteiger partial charge >= 0.3 is 5.97 Å². The van der Waals surface area contributed by atoms with E-state index in [1.54, 1.807) is 13.0 Å². The van der Waals surface area contributed by atoms with E-state index >= 15 is 0 Å². The van der Waals surface area contributed by atoms with E-state index in [1.165, 1.54) is 24.2 Å². The number of carboxylic acid groups (broad SMARTS) is 1. The van der Waals surface area contributed by atoms with Crippen molar-refractivity contribution < 1.29 is 19.5 Å². The van der Waals surface area contributed by atoms with E-state index < -0.39 is 12.0 Å². The smallest absolute Gasteiger partial charge is 0.305 e. The molecule has 0 bridgehead atoms. The van der Waals surface area contributed by atoms with Crippen molar-refractivity contribution >= 4 is 29.1 Å². The minimum atomic E-state index is -0.951. The molecule has 148 valence electrons. The maximum absolute atomic E-state index is 12.8. The van der Waals surface area contributed by atoms with Gasteiger partial charge in [-0.1, -0.05) is 0 Å². The van der Waals surface area contributed by atoms with Gasteiger partial charge in [0.15, 0.2) is 0 Å². The van der Waals surface area contributed by atoms with Crippen LogP contribution < -0.4 is 10.6 Å². The lowest BCUT2D eigenvalue weighted by molar-refractivity contribution is -0.137. The molecule has 1 aromatic heterocycles. The zero-order valence-electron chi connectivity index (χ0n) is 15.6. The zero-order valence-corrected chi connectivity index (χ0v) is 16.4. The van der Waals surface area contributed by atoms with Crippen molar-refractivity contribution in [2.45, 2.75) is 45.1 Å². The van der Waals surface area contributed by atoms with Crippen LogP contribution in [-0.2, 0) is 11.2 Å². The molecule has 1 aromatic rings. The predicted molar refractivity (Wildman–Crippen MR) is 103 cm³/mol. The number of carbonyl (C=O) groups excluding carboxylic acids is 2. The summed E-state index contributed by atoms with van der Waals surface area (Å²) in [6.07, 6.45) is 4.03. The van der Waals surface area contributed by atoms with Crippen LogP contribution in [0.2, 0.25) is 0 Å². The van der Waals surface area contributed by atoms with Crippen LogP contribution in [0.15, 0.2) is 6.07 Å². The van der Waals surface area contributed by atoms with Crippen molar-refractivity contribution in [3.8, 4) is 0 Å². The predicted octanol–water partition coefficient (Wildman–Crippen LogP) is 1.73. The first-order valence-electron chi connectivity index (χ1n) is 9.59. The van der Waals surface area contributed by atoms with Crippen molar-refractivity contribution in [2.75, 3.05) is 26.2 Å². The first kappa shape index (κ1) is 19.8. The summed E-state index contributed by atoms with van der Waals surface area (Å²) in [5.74, 6) is -0.566. The van der Waals surface area contributed by atoms with Crippen LogP contribution in [0.25, 0.3) is 0 Å². The van der Waals surface area contributed by atoms with Crippen LogP contribution in [0, 0.1) is 5.92 Å². The van der Waals surface area contributed by atoms with E-state index in [0.717, 1.165) is 37.4 Å². The summed E-state index contributed by atoms with van der Waals surface area (Å²) >= 11 is 1.34. The van der Waals surface area contributed by atoms with Gasteiger partial charge in [0.2, 0.25) is 0 Å². The number of thiophene rings is 1. The Bertz CT molecular complexity index is 712. The highest BCUT2D eigenvalue weighted by Crippen LogP contribution is 2.29.